The summed E-state index contributed by atoms with van der Waals surface area (Å²) in [4.78, 5) is 28.4. The van der Waals surface area contributed by atoms with Crippen molar-refractivity contribution in [2.45, 2.75) is 58.7 Å². The van der Waals surface area contributed by atoms with E-state index in [-0.39, 0.29) is 36.5 Å². The first-order valence-corrected chi connectivity index (χ1v) is 14.1. The van der Waals surface area contributed by atoms with Crippen LogP contribution in [0.2, 0.25) is 5.02 Å². The van der Waals surface area contributed by atoms with Gasteiger partial charge in [0, 0.05) is 56.6 Å². The molecule has 0 radical (unpaired) electrons. The van der Waals surface area contributed by atoms with E-state index in [1.165, 1.54) is 6.07 Å². The molecular formula is C30H38ClF2N5O3. The lowest BCUT2D eigenvalue weighted by Crippen LogP contribution is -2.48. The van der Waals surface area contributed by atoms with Crippen LogP contribution < -0.4 is 10.6 Å². The van der Waals surface area contributed by atoms with E-state index >= 15 is 0 Å². The van der Waals surface area contributed by atoms with Gasteiger partial charge in [0.05, 0.1) is 22.9 Å². The standard InChI is InChI=1S/C30H38ClF2N5O3/c1-5-7-38(8-6-2)30(41)22-10-19(3)9-21(14-22)29(40)35-26(13-20-11-23(32)15-24(33)12-20)28(39)17-34-16-27-25(31)18-37(4)36-27/h9-12,14-15,18,26,28,34,39H,5-8,13,16-17H2,1-4H3,(H,35,40)/t26-,28+/m0/s1. The predicted molar refractivity (Wildman–Crippen MR) is 155 cm³/mol. The Bertz CT molecular complexity index is 1320. The van der Waals surface area contributed by atoms with E-state index in [2.05, 4.69) is 15.7 Å². The Balaban J connectivity index is 1.81. The van der Waals surface area contributed by atoms with E-state index < -0.39 is 29.7 Å². The number of aliphatic hydroxyl groups is 1. The average molecular weight is 590 g/mol. The summed E-state index contributed by atoms with van der Waals surface area (Å²) in [5, 5.41) is 21.7. The van der Waals surface area contributed by atoms with Crippen LogP contribution in [0.15, 0.2) is 42.6 Å². The Labute approximate surface area is 244 Å². The molecule has 0 fully saturated rings. The van der Waals surface area contributed by atoms with E-state index in [0.717, 1.165) is 36.6 Å². The number of benzene rings is 2. The van der Waals surface area contributed by atoms with Crippen LogP contribution in [-0.2, 0) is 20.0 Å². The molecule has 1 aromatic heterocycles. The smallest absolute Gasteiger partial charge is 0.253 e. The highest BCUT2D eigenvalue weighted by Gasteiger charge is 2.24. The van der Waals surface area contributed by atoms with Crippen LogP contribution in [0, 0.1) is 18.6 Å². The molecule has 1 heterocycles. The molecule has 8 nitrogen and oxygen atoms in total. The molecule has 0 bridgehead atoms. The molecule has 3 aromatic rings. The van der Waals surface area contributed by atoms with Crippen LogP contribution in [0.5, 0.6) is 0 Å². The maximum Gasteiger partial charge on any atom is 0.253 e. The number of amides is 2. The summed E-state index contributed by atoms with van der Waals surface area (Å²) in [7, 11) is 1.74. The van der Waals surface area contributed by atoms with Gasteiger partial charge >= 0.3 is 0 Å². The van der Waals surface area contributed by atoms with Gasteiger partial charge in [0.1, 0.15) is 11.6 Å². The van der Waals surface area contributed by atoms with Crippen molar-refractivity contribution in [1.29, 1.82) is 0 Å². The minimum atomic E-state index is -1.14. The predicted octanol–water partition coefficient (Wildman–Crippen LogP) is 4.41. The van der Waals surface area contributed by atoms with Gasteiger partial charge in [-0.1, -0.05) is 25.4 Å². The quantitative estimate of drug-likeness (QED) is 0.259. The molecular weight excluding hydrogens is 552 g/mol. The molecule has 3 N–H and O–H groups in total. The number of aliphatic hydroxyl groups excluding tert-OH is 1. The maximum atomic E-state index is 13.9. The SMILES string of the molecule is CCCN(CCC)C(=O)c1cc(C)cc(C(=O)N[C@@H](Cc2cc(F)cc(F)c2)[C@H](O)CNCc2nn(C)cc2Cl)c1. The highest BCUT2D eigenvalue weighted by atomic mass is 35.5. The highest BCUT2D eigenvalue weighted by Crippen LogP contribution is 2.17. The molecule has 2 aromatic carbocycles. The molecule has 41 heavy (non-hydrogen) atoms. The van der Waals surface area contributed by atoms with E-state index in [4.69, 9.17) is 11.6 Å². The number of aryl methyl sites for hydroxylation is 2. The van der Waals surface area contributed by atoms with Crippen molar-refractivity contribution in [3.63, 3.8) is 0 Å². The van der Waals surface area contributed by atoms with Gasteiger partial charge in [-0.3, -0.25) is 14.3 Å². The van der Waals surface area contributed by atoms with Crippen LogP contribution in [0.1, 0.15) is 64.2 Å². The topological polar surface area (TPSA) is 99.5 Å². The Morgan fingerprint density at radius 1 is 1.05 bits per heavy atom. The summed E-state index contributed by atoms with van der Waals surface area (Å²) in [6, 6.07) is 7.11. The first-order valence-electron chi connectivity index (χ1n) is 13.7. The maximum absolute atomic E-state index is 13.9. The molecule has 2 atom stereocenters. The van der Waals surface area contributed by atoms with Gasteiger partial charge < -0.3 is 20.6 Å². The first-order chi connectivity index (χ1) is 19.5. The lowest BCUT2D eigenvalue weighted by Gasteiger charge is -2.25. The zero-order chi connectivity index (χ0) is 30.1. The highest BCUT2D eigenvalue weighted by molar-refractivity contribution is 6.31. The molecule has 0 aliphatic carbocycles. The Kier molecular flexibility index (Phi) is 11.8. The molecule has 11 heteroatoms. The molecule has 0 aliphatic heterocycles. The van der Waals surface area contributed by atoms with Crippen LogP contribution in [-0.4, -0.2) is 63.4 Å². The summed E-state index contributed by atoms with van der Waals surface area (Å²) < 4.78 is 29.4. The number of hydrogen-bond acceptors (Lipinski definition) is 5. The van der Waals surface area contributed by atoms with Gasteiger partial charge in [0.15, 0.2) is 0 Å². The summed E-state index contributed by atoms with van der Waals surface area (Å²) in [5.74, 6) is -2.19. The molecule has 0 unspecified atom stereocenters. The summed E-state index contributed by atoms with van der Waals surface area (Å²) in [5.41, 5.74) is 2.24. The third-order valence-corrected chi connectivity index (χ3v) is 6.84. The van der Waals surface area contributed by atoms with Crippen molar-refractivity contribution in [3.8, 4) is 0 Å². The van der Waals surface area contributed by atoms with Gasteiger partial charge in [-0.05, 0) is 67.6 Å². The third kappa shape index (κ3) is 9.34. The number of hydrogen-bond donors (Lipinski definition) is 3. The summed E-state index contributed by atoms with van der Waals surface area (Å²) in [6.45, 7) is 7.32. The largest absolute Gasteiger partial charge is 0.390 e. The van der Waals surface area contributed by atoms with E-state index in [1.54, 1.807) is 41.9 Å². The summed E-state index contributed by atoms with van der Waals surface area (Å²) >= 11 is 6.16. The lowest BCUT2D eigenvalue weighted by molar-refractivity contribution is 0.0755. The number of halogens is 3. The number of nitrogens with one attached hydrogen (secondary N) is 2. The molecule has 0 spiro atoms. The van der Waals surface area contributed by atoms with Crippen molar-refractivity contribution >= 4 is 23.4 Å². The number of carbonyl (C=O) groups excluding carboxylic acids is 2. The molecule has 0 saturated carbocycles. The van der Waals surface area contributed by atoms with Crippen LogP contribution in [0.25, 0.3) is 0 Å². The minimum absolute atomic E-state index is 0.0357. The number of aromatic nitrogens is 2. The average Bonchev–Trinajstić information content (AvgIpc) is 3.23. The van der Waals surface area contributed by atoms with Crippen LogP contribution in [0.4, 0.5) is 8.78 Å². The monoisotopic (exact) mass is 589 g/mol. The van der Waals surface area contributed by atoms with Crippen molar-refractivity contribution in [2.75, 3.05) is 19.6 Å². The van der Waals surface area contributed by atoms with E-state index in [9.17, 15) is 23.5 Å². The van der Waals surface area contributed by atoms with Gasteiger partial charge in [-0.25, -0.2) is 8.78 Å². The molecule has 3 rings (SSSR count). The van der Waals surface area contributed by atoms with Crippen LogP contribution in [0.3, 0.4) is 0 Å². The second kappa shape index (κ2) is 15.0. The Morgan fingerprint density at radius 3 is 2.27 bits per heavy atom. The van der Waals surface area contributed by atoms with Crippen molar-refractivity contribution in [1.82, 2.24) is 25.3 Å². The van der Waals surface area contributed by atoms with Crippen LogP contribution >= 0.6 is 11.6 Å². The third-order valence-electron chi connectivity index (χ3n) is 6.52. The molecule has 222 valence electrons. The fraction of sp³-hybridized carbons (Fsp3) is 0.433. The summed E-state index contributed by atoms with van der Waals surface area (Å²) in [6.07, 6.45) is 2.10. The zero-order valence-corrected chi connectivity index (χ0v) is 24.6. The van der Waals surface area contributed by atoms with E-state index in [1.807, 2.05) is 13.8 Å². The second-order valence-electron chi connectivity index (χ2n) is 10.2. The number of rotatable bonds is 14. The minimum Gasteiger partial charge on any atom is -0.390 e. The zero-order valence-electron chi connectivity index (χ0n) is 23.9. The Morgan fingerprint density at radius 2 is 1.68 bits per heavy atom. The van der Waals surface area contributed by atoms with Gasteiger partial charge in [0.25, 0.3) is 11.8 Å². The van der Waals surface area contributed by atoms with Crippen molar-refractivity contribution in [2.24, 2.45) is 7.05 Å². The first kappa shape index (κ1) is 32.2. The van der Waals surface area contributed by atoms with Gasteiger partial charge in [0.2, 0.25) is 0 Å². The number of carbonyl (C=O) groups is 2. The van der Waals surface area contributed by atoms with Crippen molar-refractivity contribution < 1.29 is 23.5 Å². The van der Waals surface area contributed by atoms with Crippen molar-refractivity contribution in [3.05, 3.63) is 87.2 Å². The van der Waals surface area contributed by atoms with Gasteiger partial charge in [-0.2, -0.15) is 5.10 Å². The second-order valence-corrected chi connectivity index (χ2v) is 10.6. The lowest BCUT2D eigenvalue weighted by atomic mass is 9.99. The van der Waals surface area contributed by atoms with Gasteiger partial charge in [-0.15, -0.1) is 0 Å². The molecule has 0 aliphatic rings. The van der Waals surface area contributed by atoms with E-state index in [0.29, 0.717) is 29.4 Å². The normalized spacial score (nSPS) is 12.7. The molecule has 0 saturated heterocycles. The fourth-order valence-electron chi connectivity index (χ4n) is 4.70. The fourth-order valence-corrected chi connectivity index (χ4v) is 4.94. The number of nitrogens with zero attached hydrogens (tertiary/aromatic N) is 3. The Hall–Kier alpha value is -3.34. The molecule has 2 amide bonds.